The van der Waals surface area contributed by atoms with E-state index in [0.29, 0.717) is 18.0 Å². The van der Waals surface area contributed by atoms with Crippen molar-refractivity contribution in [3.8, 4) is 0 Å². The van der Waals surface area contributed by atoms with Crippen molar-refractivity contribution in [2.45, 2.75) is 59.7 Å². The lowest BCUT2D eigenvalue weighted by Gasteiger charge is -2.10. The number of aliphatic hydroxyl groups is 1. The Morgan fingerprint density at radius 3 is 2.29 bits per heavy atom. The van der Waals surface area contributed by atoms with E-state index in [1.807, 2.05) is 6.92 Å². The van der Waals surface area contributed by atoms with Crippen LogP contribution in [0.4, 0.5) is 0 Å². The molecule has 8 heteroatoms. The summed E-state index contributed by atoms with van der Waals surface area (Å²) in [6.45, 7) is 8.30. The van der Waals surface area contributed by atoms with Crippen LogP contribution < -0.4 is 11.2 Å². The summed E-state index contributed by atoms with van der Waals surface area (Å²) in [5.41, 5.74) is 0.416. The first-order chi connectivity index (χ1) is 13.3. The van der Waals surface area contributed by atoms with Crippen LogP contribution in [0.5, 0.6) is 0 Å². The highest BCUT2D eigenvalue weighted by Gasteiger charge is 2.18. The fourth-order valence-electron chi connectivity index (χ4n) is 2.72. The van der Waals surface area contributed by atoms with E-state index >= 15 is 0 Å². The molecule has 0 saturated heterocycles. The molecule has 1 unspecified atom stereocenters. The third-order valence-electron chi connectivity index (χ3n) is 3.98. The van der Waals surface area contributed by atoms with E-state index in [1.54, 1.807) is 31.2 Å². The number of aliphatic hydroxyl groups excluding tert-OH is 1. The minimum absolute atomic E-state index is 0.136. The molecule has 0 spiro atoms. The maximum absolute atomic E-state index is 12.8. The molecule has 0 bridgehead atoms. The largest absolute Gasteiger partial charge is 0.385 e. The van der Waals surface area contributed by atoms with Gasteiger partial charge in [0.2, 0.25) is 0 Å². The summed E-state index contributed by atoms with van der Waals surface area (Å²) in [4.78, 5) is 32.7. The third-order valence-corrected chi connectivity index (χ3v) is 4.23. The smallest absolute Gasteiger partial charge is 0.333 e. The van der Waals surface area contributed by atoms with Gasteiger partial charge in [-0.1, -0.05) is 50.9 Å². The Kier molecular flexibility index (Phi) is 7.60. The number of imidazole rings is 1. The van der Waals surface area contributed by atoms with Gasteiger partial charge in [0.15, 0.2) is 5.65 Å². The molecular formula is C20H27ClN4O3. The Morgan fingerprint density at radius 2 is 1.75 bits per heavy atom. The fraction of sp³-hybridized carbons (Fsp3) is 0.450. The Hall–Kier alpha value is -2.38. The van der Waals surface area contributed by atoms with Gasteiger partial charge in [0.05, 0.1) is 6.54 Å². The molecule has 0 amide bonds. The molecule has 3 aromatic rings. The average molecular weight is 407 g/mol. The molecule has 0 saturated carbocycles. The Balaban J connectivity index is 0.000000878. The lowest BCUT2D eigenvalue weighted by atomic mass is 10.2. The quantitative estimate of drug-likeness (QED) is 0.678. The zero-order valence-corrected chi connectivity index (χ0v) is 17.5. The number of hydrogen-bond acceptors (Lipinski definition) is 4. The first-order valence-corrected chi connectivity index (χ1v) is 9.87. The van der Waals surface area contributed by atoms with E-state index in [1.165, 1.54) is 15.6 Å². The van der Waals surface area contributed by atoms with E-state index in [0.717, 1.165) is 5.56 Å². The van der Waals surface area contributed by atoms with Crippen LogP contribution in [-0.2, 0) is 13.1 Å². The van der Waals surface area contributed by atoms with Gasteiger partial charge >= 0.3 is 5.69 Å². The number of halogens is 1. The summed E-state index contributed by atoms with van der Waals surface area (Å²) < 4.78 is 2.64. The summed E-state index contributed by atoms with van der Waals surface area (Å²) >= 11 is 5.88. The number of hydrogen-bond donors (Lipinski definition) is 2. The molecule has 2 aromatic heterocycles. The molecule has 0 aliphatic carbocycles. The van der Waals surface area contributed by atoms with Gasteiger partial charge in [-0.15, -0.1) is 0 Å². The van der Waals surface area contributed by atoms with Crippen LogP contribution in [0.15, 0.2) is 33.9 Å². The van der Waals surface area contributed by atoms with Crippen LogP contribution in [0.2, 0.25) is 5.02 Å². The number of H-pyrrole nitrogens is 1. The van der Waals surface area contributed by atoms with E-state index in [2.05, 4.69) is 23.8 Å². The average Bonchev–Trinajstić information content (AvgIpc) is 3.10. The first-order valence-electron chi connectivity index (χ1n) is 9.49. The molecule has 3 rings (SSSR count). The van der Waals surface area contributed by atoms with Gasteiger partial charge in [-0.3, -0.25) is 13.9 Å². The fourth-order valence-corrected chi connectivity index (χ4v) is 2.85. The number of aromatic nitrogens is 4. The van der Waals surface area contributed by atoms with E-state index in [9.17, 15) is 14.7 Å². The summed E-state index contributed by atoms with van der Waals surface area (Å²) in [7, 11) is 0. The van der Waals surface area contributed by atoms with Crippen LogP contribution in [0, 0.1) is 0 Å². The molecule has 1 aromatic carbocycles. The van der Waals surface area contributed by atoms with Gasteiger partial charge in [0.25, 0.3) is 5.56 Å². The minimum atomic E-state index is -0.860. The molecule has 0 radical (unpaired) electrons. The van der Waals surface area contributed by atoms with Crippen molar-refractivity contribution in [3.63, 3.8) is 0 Å². The van der Waals surface area contributed by atoms with Crippen molar-refractivity contribution in [1.29, 1.82) is 0 Å². The van der Waals surface area contributed by atoms with Gasteiger partial charge in [-0.05, 0) is 31.0 Å². The van der Waals surface area contributed by atoms with E-state index < -0.39 is 17.4 Å². The second kappa shape index (κ2) is 9.71. The van der Waals surface area contributed by atoms with Crippen molar-refractivity contribution < 1.29 is 5.11 Å². The number of aromatic amines is 1. The van der Waals surface area contributed by atoms with Gasteiger partial charge in [-0.25, -0.2) is 9.78 Å². The minimum Gasteiger partial charge on any atom is -0.385 e. The lowest BCUT2D eigenvalue weighted by molar-refractivity contribution is 0.190. The van der Waals surface area contributed by atoms with Crippen molar-refractivity contribution in [1.82, 2.24) is 19.1 Å². The second-order valence-electron chi connectivity index (χ2n) is 6.66. The molecular weight excluding hydrogens is 380 g/mol. The maximum atomic E-state index is 12.8. The Morgan fingerprint density at radius 1 is 1.14 bits per heavy atom. The molecule has 28 heavy (non-hydrogen) atoms. The normalized spacial score (nSPS) is 11.9. The standard InChI is InChI=1S/C17H19ClN4O3.C3H8/c1-3-8-21-15-13(19-14(20-15)10(2)23)16(24)22(17(21)25)9-11-4-6-12(18)7-5-11;1-3-2/h4-7,10,23H,3,8-9H2,1-2H3,(H,19,20);3H2,1-2H3. The molecule has 0 aliphatic heterocycles. The summed E-state index contributed by atoms with van der Waals surface area (Å²) in [5.74, 6) is 0.264. The van der Waals surface area contributed by atoms with Gasteiger partial charge in [0.1, 0.15) is 17.4 Å². The van der Waals surface area contributed by atoms with E-state index in [-0.39, 0.29) is 23.5 Å². The highest BCUT2D eigenvalue weighted by Crippen LogP contribution is 2.13. The van der Waals surface area contributed by atoms with Crippen LogP contribution in [0.25, 0.3) is 11.2 Å². The summed E-state index contributed by atoms with van der Waals surface area (Å²) in [5, 5.41) is 10.3. The van der Waals surface area contributed by atoms with Crippen molar-refractivity contribution in [2.24, 2.45) is 0 Å². The monoisotopic (exact) mass is 406 g/mol. The lowest BCUT2D eigenvalue weighted by Crippen LogP contribution is -2.40. The van der Waals surface area contributed by atoms with Crippen LogP contribution >= 0.6 is 11.6 Å². The topological polar surface area (TPSA) is 92.9 Å². The van der Waals surface area contributed by atoms with Gasteiger partial charge in [-0.2, -0.15) is 0 Å². The van der Waals surface area contributed by atoms with Gasteiger partial charge in [0, 0.05) is 11.6 Å². The zero-order valence-electron chi connectivity index (χ0n) is 16.7. The number of rotatable bonds is 5. The number of aryl methyl sites for hydroxylation is 1. The summed E-state index contributed by atoms with van der Waals surface area (Å²) in [6.07, 6.45) is 1.10. The maximum Gasteiger partial charge on any atom is 0.333 e. The number of nitrogens with zero attached hydrogens (tertiary/aromatic N) is 3. The Labute approximate surface area is 168 Å². The van der Waals surface area contributed by atoms with Crippen molar-refractivity contribution in [2.75, 3.05) is 0 Å². The number of fused-ring (bicyclic) bond motifs is 1. The van der Waals surface area contributed by atoms with Crippen molar-refractivity contribution >= 4 is 22.8 Å². The highest BCUT2D eigenvalue weighted by molar-refractivity contribution is 6.30. The number of nitrogens with one attached hydrogen (secondary N) is 1. The molecule has 1 atom stereocenters. The number of benzene rings is 1. The van der Waals surface area contributed by atoms with Crippen molar-refractivity contribution in [3.05, 3.63) is 61.5 Å². The van der Waals surface area contributed by atoms with Crippen LogP contribution in [0.1, 0.15) is 58.0 Å². The molecule has 152 valence electrons. The highest BCUT2D eigenvalue weighted by atomic mass is 35.5. The predicted octanol–water partition coefficient (Wildman–Crippen LogP) is 3.47. The molecule has 0 fully saturated rings. The molecule has 0 aliphatic rings. The predicted molar refractivity (Wildman–Crippen MR) is 112 cm³/mol. The second-order valence-corrected chi connectivity index (χ2v) is 7.09. The first kappa shape index (κ1) is 21.9. The molecule has 2 heterocycles. The summed E-state index contributed by atoms with van der Waals surface area (Å²) in [6, 6.07) is 6.98. The van der Waals surface area contributed by atoms with Crippen LogP contribution in [-0.4, -0.2) is 24.2 Å². The zero-order chi connectivity index (χ0) is 20.8. The molecule has 2 N–H and O–H groups in total. The molecule has 7 nitrogen and oxygen atoms in total. The SMILES string of the molecule is CCC.CCCn1c(=O)n(Cc2ccc(Cl)cc2)c(=O)c2[nH]c(C(C)O)nc21. The van der Waals surface area contributed by atoms with Gasteiger partial charge < -0.3 is 10.1 Å². The Bertz CT molecular complexity index is 1030. The third kappa shape index (κ3) is 4.72. The van der Waals surface area contributed by atoms with Crippen LogP contribution in [0.3, 0.4) is 0 Å². The van der Waals surface area contributed by atoms with E-state index in [4.69, 9.17) is 11.6 Å².